The van der Waals surface area contributed by atoms with Crippen molar-refractivity contribution in [3.8, 4) is 6.07 Å². The van der Waals surface area contributed by atoms with Gasteiger partial charge in [-0.1, -0.05) is 42.5 Å². The summed E-state index contributed by atoms with van der Waals surface area (Å²) in [5.41, 5.74) is 1.71. The van der Waals surface area contributed by atoms with Gasteiger partial charge in [-0.15, -0.1) is 0 Å². The van der Waals surface area contributed by atoms with Crippen LogP contribution in [0.5, 0.6) is 0 Å². The van der Waals surface area contributed by atoms with Crippen molar-refractivity contribution in [3.05, 3.63) is 71.8 Å². The molecular weight excluding hydrogens is 182 g/mol. The molecule has 0 atom stereocenters. The molecule has 0 aliphatic rings. The predicted molar refractivity (Wildman–Crippen MR) is 60.0 cm³/mol. The number of rotatable bonds is 0. The summed E-state index contributed by atoms with van der Waals surface area (Å²) in [7, 11) is 0. The Hall–Kier alpha value is -2.07. The van der Waals surface area contributed by atoms with Gasteiger partial charge in [0.05, 0.1) is 11.6 Å². The Kier molecular flexibility index (Phi) is 4.69. The van der Waals surface area contributed by atoms with Crippen LogP contribution in [0.15, 0.2) is 48.5 Å². The van der Waals surface area contributed by atoms with E-state index < -0.39 is 0 Å². The van der Waals surface area contributed by atoms with E-state index in [1.807, 2.05) is 49.4 Å². The summed E-state index contributed by atoms with van der Waals surface area (Å²) >= 11 is 0. The van der Waals surface area contributed by atoms with Crippen molar-refractivity contribution in [2.45, 2.75) is 6.92 Å². The maximum absolute atomic E-state index is 8.38. The molecule has 0 aromatic heterocycles. The summed E-state index contributed by atoms with van der Waals surface area (Å²) in [6.45, 7) is 1.95. The van der Waals surface area contributed by atoms with Crippen LogP contribution >= 0.6 is 0 Å². The molecule has 2 aromatic carbocycles. The third-order valence-corrected chi connectivity index (χ3v) is 1.68. The van der Waals surface area contributed by atoms with Crippen molar-refractivity contribution < 1.29 is 0 Å². The fraction of sp³-hybridized carbons (Fsp3) is 0.0714. The van der Waals surface area contributed by atoms with Gasteiger partial charge in [-0.3, -0.25) is 0 Å². The summed E-state index contributed by atoms with van der Waals surface area (Å²) in [4.78, 5) is 0. The molecule has 1 heteroatoms. The predicted octanol–water partition coefficient (Wildman–Crippen LogP) is 3.15. The summed E-state index contributed by atoms with van der Waals surface area (Å²) in [5.74, 6) is 0. The molecule has 0 aliphatic heterocycles. The van der Waals surface area contributed by atoms with E-state index in [0.29, 0.717) is 5.56 Å². The molecule has 2 aromatic rings. The molecule has 2 rings (SSSR count). The SMILES string of the molecule is Cc1cc[c]c(C#N)c1.[c]1ccccc1. The van der Waals surface area contributed by atoms with Crippen LogP contribution in [-0.4, -0.2) is 0 Å². The number of hydrogen-bond acceptors (Lipinski definition) is 1. The van der Waals surface area contributed by atoms with Gasteiger partial charge in [-0.25, -0.2) is 0 Å². The van der Waals surface area contributed by atoms with Gasteiger partial charge in [0.15, 0.2) is 0 Å². The third-order valence-electron chi connectivity index (χ3n) is 1.68. The molecule has 0 unspecified atom stereocenters. The lowest BCUT2D eigenvalue weighted by molar-refractivity contribution is 1.42. The highest BCUT2D eigenvalue weighted by Crippen LogP contribution is 1.99. The van der Waals surface area contributed by atoms with Crippen LogP contribution in [0.4, 0.5) is 0 Å². The highest BCUT2D eigenvalue weighted by Gasteiger charge is 1.86. The Morgan fingerprint density at radius 3 is 2.20 bits per heavy atom. The van der Waals surface area contributed by atoms with E-state index in [-0.39, 0.29) is 0 Å². The van der Waals surface area contributed by atoms with E-state index in [1.165, 1.54) is 0 Å². The summed E-state index contributed by atoms with van der Waals surface area (Å²) < 4.78 is 0. The van der Waals surface area contributed by atoms with E-state index >= 15 is 0 Å². The second-order valence-electron chi connectivity index (χ2n) is 2.97. The zero-order valence-electron chi connectivity index (χ0n) is 8.57. The first-order valence-corrected chi connectivity index (χ1v) is 4.62. The van der Waals surface area contributed by atoms with E-state index in [1.54, 1.807) is 12.1 Å². The minimum Gasteiger partial charge on any atom is -0.192 e. The molecular formula is C14H11N. The van der Waals surface area contributed by atoms with Crippen LogP contribution in [0.1, 0.15) is 11.1 Å². The average Bonchev–Trinajstić information content (AvgIpc) is 2.32. The molecule has 0 aliphatic carbocycles. The van der Waals surface area contributed by atoms with Crippen molar-refractivity contribution >= 4 is 0 Å². The lowest BCUT2D eigenvalue weighted by atomic mass is 10.2. The monoisotopic (exact) mass is 193 g/mol. The van der Waals surface area contributed by atoms with Crippen LogP contribution in [0.2, 0.25) is 0 Å². The van der Waals surface area contributed by atoms with Crippen molar-refractivity contribution in [1.82, 2.24) is 0 Å². The standard InChI is InChI=1S/C8H6N.C6H5/c1-7-3-2-4-8(5-7)6-9;1-2-4-6-5-3-1/h2-3,5H,1H3;1-5H. The molecule has 0 spiro atoms. The van der Waals surface area contributed by atoms with Gasteiger partial charge < -0.3 is 0 Å². The molecule has 0 bridgehead atoms. The summed E-state index contributed by atoms with van der Waals surface area (Å²) in [6.07, 6.45) is 0. The zero-order chi connectivity index (χ0) is 10.9. The normalized spacial score (nSPS) is 8.27. The number of aryl methyl sites for hydroxylation is 1. The summed E-state index contributed by atoms with van der Waals surface area (Å²) in [5, 5.41) is 8.38. The Morgan fingerprint density at radius 1 is 1.13 bits per heavy atom. The lowest BCUT2D eigenvalue weighted by Crippen LogP contribution is -1.74. The lowest BCUT2D eigenvalue weighted by Gasteiger charge is -1.87. The van der Waals surface area contributed by atoms with Gasteiger partial charge in [-0.05, 0) is 24.6 Å². The van der Waals surface area contributed by atoms with E-state index in [4.69, 9.17) is 5.26 Å². The molecule has 15 heavy (non-hydrogen) atoms. The zero-order valence-corrected chi connectivity index (χ0v) is 8.57. The topological polar surface area (TPSA) is 23.8 Å². The van der Waals surface area contributed by atoms with Crippen LogP contribution in [0, 0.1) is 30.4 Å². The highest BCUT2D eigenvalue weighted by atomic mass is 14.2. The second-order valence-corrected chi connectivity index (χ2v) is 2.97. The maximum Gasteiger partial charge on any atom is 0.0998 e. The smallest absolute Gasteiger partial charge is 0.0998 e. The molecule has 0 heterocycles. The second kappa shape index (κ2) is 6.39. The quantitative estimate of drug-likeness (QED) is 0.630. The molecule has 0 saturated heterocycles. The third kappa shape index (κ3) is 4.64. The van der Waals surface area contributed by atoms with Crippen molar-refractivity contribution in [1.29, 1.82) is 5.26 Å². The van der Waals surface area contributed by atoms with Gasteiger partial charge in [0.1, 0.15) is 0 Å². The molecule has 0 fully saturated rings. The molecule has 0 saturated carbocycles. The first-order valence-electron chi connectivity index (χ1n) is 4.62. The fourth-order valence-electron chi connectivity index (χ4n) is 0.987. The number of nitriles is 1. The van der Waals surface area contributed by atoms with Crippen LogP contribution in [0.25, 0.3) is 0 Å². The van der Waals surface area contributed by atoms with Gasteiger partial charge >= 0.3 is 0 Å². The largest absolute Gasteiger partial charge is 0.192 e. The first-order chi connectivity index (χ1) is 7.33. The average molecular weight is 193 g/mol. The van der Waals surface area contributed by atoms with Gasteiger partial charge in [-0.2, -0.15) is 5.26 Å². The van der Waals surface area contributed by atoms with Gasteiger partial charge in [0, 0.05) is 6.07 Å². The Balaban J connectivity index is 0.000000162. The van der Waals surface area contributed by atoms with Crippen molar-refractivity contribution in [2.75, 3.05) is 0 Å². The first kappa shape index (κ1) is 11.0. The fourth-order valence-corrected chi connectivity index (χ4v) is 0.987. The molecule has 0 N–H and O–H groups in total. The van der Waals surface area contributed by atoms with Gasteiger partial charge in [0.2, 0.25) is 0 Å². The maximum atomic E-state index is 8.38. The number of nitrogens with zero attached hydrogens (tertiary/aromatic N) is 1. The van der Waals surface area contributed by atoms with Crippen molar-refractivity contribution in [2.24, 2.45) is 0 Å². The Bertz CT molecular complexity index is 400. The molecule has 0 amide bonds. The molecule has 1 nitrogen and oxygen atoms in total. The Labute approximate surface area is 90.6 Å². The molecule has 72 valence electrons. The minimum atomic E-state index is 0.606. The summed E-state index contributed by atoms with van der Waals surface area (Å²) in [6, 6.07) is 22.8. The van der Waals surface area contributed by atoms with Crippen LogP contribution < -0.4 is 0 Å². The van der Waals surface area contributed by atoms with Crippen molar-refractivity contribution in [3.63, 3.8) is 0 Å². The van der Waals surface area contributed by atoms with E-state index in [9.17, 15) is 0 Å². The number of hydrogen-bond donors (Lipinski definition) is 0. The van der Waals surface area contributed by atoms with E-state index in [0.717, 1.165) is 5.56 Å². The highest BCUT2D eigenvalue weighted by molar-refractivity contribution is 5.30. The van der Waals surface area contributed by atoms with E-state index in [2.05, 4.69) is 12.1 Å². The minimum absolute atomic E-state index is 0.606. The molecule has 2 radical (unpaired) electrons. The van der Waals surface area contributed by atoms with Crippen LogP contribution in [-0.2, 0) is 0 Å². The van der Waals surface area contributed by atoms with Crippen LogP contribution in [0.3, 0.4) is 0 Å². The van der Waals surface area contributed by atoms with Gasteiger partial charge in [0.25, 0.3) is 0 Å². The Morgan fingerprint density at radius 2 is 1.87 bits per heavy atom. The number of benzene rings is 2.